The summed E-state index contributed by atoms with van der Waals surface area (Å²) < 4.78 is 32.5. The number of hydrogen-bond acceptors (Lipinski definition) is 4. The first kappa shape index (κ1) is 24.3. The normalized spacial score (nSPS) is 18.1. The van der Waals surface area contributed by atoms with E-state index in [0.717, 1.165) is 29.7 Å². The SMILES string of the molecule is CC[C@@H](NC(=O)[C@H]1CCCN(S(=O)(=O)CCCc2ccccc2)C1)c1ccc(OC)cc1. The number of nitrogens with zero attached hydrogens (tertiary/aromatic N) is 1. The molecule has 7 heteroatoms. The lowest BCUT2D eigenvalue weighted by atomic mass is 9.97. The number of rotatable bonds is 10. The van der Waals surface area contributed by atoms with Crippen LogP contribution in [0.25, 0.3) is 0 Å². The summed E-state index contributed by atoms with van der Waals surface area (Å²) in [5.74, 6) is 0.492. The average Bonchev–Trinajstić information content (AvgIpc) is 2.83. The standard InChI is InChI=1S/C25H34N2O4S/c1-3-24(21-13-15-23(31-2)16-14-21)26-25(28)22-12-7-17-27(19-22)32(29,30)18-8-11-20-9-5-4-6-10-20/h4-6,9-10,13-16,22,24H,3,7-8,11-12,17-19H2,1-2H3,(H,26,28)/t22-,24+/m0/s1. The number of hydrogen-bond donors (Lipinski definition) is 1. The van der Waals surface area contributed by atoms with Crippen molar-refractivity contribution in [1.29, 1.82) is 0 Å². The van der Waals surface area contributed by atoms with Gasteiger partial charge in [0, 0.05) is 13.1 Å². The quantitative estimate of drug-likeness (QED) is 0.585. The zero-order valence-electron chi connectivity index (χ0n) is 19.0. The van der Waals surface area contributed by atoms with E-state index in [0.29, 0.717) is 25.8 Å². The maximum absolute atomic E-state index is 13.0. The molecule has 1 saturated heterocycles. The molecule has 3 rings (SSSR count). The highest BCUT2D eigenvalue weighted by molar-refractivity contribution is 7.89. The van der Waals surface area contributed by atoms with Crippen molar-refractivity contribution in [1.82, 2.24) is 9.62 Å². The van der Waals surface area contributed by atoms with E-state index in [1.807, 2.05) is 61.5 Å². The monoisotopic (exact) mass is 458 g/mol. The number of sulfonamides is 1. The lowest BCUT2D eigenvalue weighted by Crippen LogP contribution is -2.46. The number of carbonyl (C=O) groups excluding carboxylic acids is 1. The lowest BCUT2D eigenvalue weighted by molar-refractivity contribution is -0.126. The van der Waals surface area contributed by atoms with Gasteiger partial charge in [-0.3, -0.25) is 4.79 Å². The van der Waals surface area contributed by atoms with Crippen LogP contribution < -0.4 is 10.1 Å². The Bertz CT molecular complexity index is 961. The molecule has 6 nitrogen and oxygen atoms in total. The Kier molecular flexibility index (Phi) is 8.70. The van der Waals surface area contributed by atoms with Crippen molar-refractivity contribution in [2.24, 2.45) is 5.92 Å². The molecule has 2 aromatic carbocycles. The zero-order valence-corrected chi connectivity index (χ0v) is 19.8. The fourth-order valence-corrected chi connectivity index (χ4v) is 5.77. The van der Waals surface area contributed by atoms with Gasteiger partial charge >= 0.3 is 0 Å². The Morgan fingerprint density at radius 3 is 2.53 bits per heavy atom. The number of carbonyl (C=O) groups is 1. The predicted molar refractivity (Wildman–Crippen MR) is 127 cm³/mol. The van der Waals surface area contributed by atoms with Crippen LogP contribution >= 0.6 is 0 Å². The number of piperidine rings is 1. The first-order valence-electron chi connectivity index (χ1n) is 11.4. The number of nitrogens with one attached hydrogen (secondary N) is 1. The largest absolute Gasteiger partial charge is 0.497 e. The molecule has 1 aliphatic rings. The Morgan fingerprint density at radius 2 is 1.88 bits per heavy atom. The fourth-order valence-electron chi connectivity index (χ4n) is 4.19. The van der Waals surface area contributed by atoms with Gasteiger partial charge in [-0.25, -0.2) is 12.7 Å². The predicted octanol–water partition coefficient (Wildman–Crippen LogP) is 3.94. The average molecular weight is 459 g/mol. The smallest absolute Gasteiger partial charge is 0.224 e. The van der Waals surface area contributed by atoms with E-state index in [2.05, 4.69) is 5.32 Å². The molecule has 1 fully saturated rings. The molecule has 0 saturated carbocycles. The van der Waals surface area contributed by atoms with E-state index in [9.17, 15) is 13.2 Å². The van der Waals surface area contributed by atoms with E-state index in [4.69, 9.17) is 4.74 Å². The number of ether oxygens (including phenoxy) is 1. The van der Waals surface area contributed by atoms with Crippen molar-refractivity contribution in [3.05, 3.63) is 65.7 Å². The van der Waals surface area contributed by atoms with Crippen LogP contribution in [0, 0.1) is 5.92 Å². The Hall–Kier alpha value is -2.38. The Morgan fingerprint density at radius 1 is 1.16 bits per heavy atom. The molecule has 1 N–H and O–H groups in total. The summed E-state index contributed by atoms with van der Waals surface area (Å²) in [6, 6.07) is 17.5. The summed E-state index contributed by atoms with van der Waals surface area (Å²) in [5, 5.41) is 3.13. The molecule has 1 amide bonds. The molecule has 0 unspecified atom stereocenters. The number of aryl methyl sites for hydroxylation is 1. The highest BCUT2D eigenvalue weighted by atomic mass is 32.2. The van der Waals surface area contributed by atoms with Crippen LogP contribution in [-0.4, -0.2) is 44.6 Å². The molecule has 1 heterocycles. The van der Waals surface area contributed by atoms with E-state index >= 15 is 0 Å². The fraction of sp³-hybridized carbons (Fsp3) is 0.480. The minimum atomic E-state index is -3.37. The molecule has 32 heavy (non-hydrogen) atoms. The minimum absolute atomic E-state index is 0.0724. The minimum Gasteiger partial charge on any atom is -0.497 e. The maximum Gasteiger partial charge on any atom is 0.224 e. The summed E-state index contributed by atoms with van der Waals surface area (Å²) >= 11 is 0. The Labute approximate surface area is 192 Å². The first-order chi connectivity index (χ1) is 15.4. The van der Waals surface area contributed by atoms with E-state index in [1.165, 1.54) is 4.31 Å². The van der Waals surface area contributed by atoms with Gasteiger partial charge in [0.05, 0.1) is 24.8 Å². The molecule has 0 bridgehead atoms. The summed E-state index contributed by atoms with van der Waals surface area (Å²) in [5.41, 5.74) is 2.16. The third-order valence-corrected chi connectivity index (χ3v) is 8.02. The van der Waals surface area contributed by atoms with Crippen molar-refractivity contribution < 1.29 is 17.9 Å². The van der Waals surface area contributed by atoms with Crippen molar-refractivity contribution >= 4 is 15.9 Å². The third-order valence-electron chi connectivity index (χ3n) is 6.10. The molecule has 2 atom stereocenters. The second-order valence-electron chi connectivity index (χ2n) is 8.34. The molecule has 0 aliphatic carbocycles. The highest BCUT2D eigenvalue weighted by Crippen LogP contribution is 2.24. The van der Waals surface area contributed by atoms with Crippen molar-refractivity contribution in [3.8, 4) is 5.75 Å². The molecule has 0 aromatic heterocycles. The van der Waals surface area contributed by atoms with Crippen LogP contribution in [0.15, 0.2) is 54.6 Å². The van der Waals surface area contributed by atoms with Gasteiger partial charge in [0.25, 0.3) is 0 Å². The van der Waals surface area contributed by atoms with E-state index in [1.54, 1.807) is 7.11 Å². The van der Waals surface area contributed by atoms with Crippen molar-refractivity contribution in [2.75, 3.05) is 26.0 Å². The third kappa shape index (κ3) is 6.56. The van der Waals surface area contributed by atoms with E-state index < -0.39 is 10.0 Å². The molecular formula is C25H34N2O4S. The van der Waals surface area contributed by atoms with Crippen LogP contribution in [0.3, 0.4) is 0 Å². The van der Waals surface area contributed by atoms with Gasteiger partial charge < -0.3 is 10.1 Å². The topological polar surface area (TPSA) is 75.7 Å². The molecular weight excluding hydrogens is 424 g/mol. The van der Waals surface area contributed by atoms with Crippen molar-refractivity contribution in [2.45, 2.75) is 45.1 Å². The molecule has 1 aliphatic heterocycles. The van der Waals surface area contributed by atoms with Crippen LogP contribution in [-0.2, 0) is 21.2 Å². The van der Waals surface area contributed by atoms with Gasteiger partial charge in [-0.15, -0.1) is 0 Å². The van der Waals surface area contributed by atoms with Gasteiger partial charge in [-0.2, -0.15) is 0 Å². The lowest BCUT2D eigenvalue weighted by Gasteiger charge is -2.32. The van der Waals surface area contributed by atoms with Crippen molar-refractivity contribution in [3.63, 3.8) is 0 Å². The van der Waals surface area contributed by atoms with Crippen LogP contribution in [0.2, 0.25) is 0 Å². The highest BCUT2D eigenvalue weighted by Gasteiger charge is 2.32. The molecule has 2 aromatic rings. The second-order valence-corrected chi connectivity index (χ2v) is 10.4. The molecule has 0 spiro atoms. The van der Waals surface area contributed by atoms with Gasteiger partial charge in [-0.05, 0) is 55.4 Å². The van der Waals surface area contributed by atoms with Crippen LogP contribution in [0.1, 0.15) is 49.8 Å². The number of methoxy groups -OCH3 is 1. The van der Waals surface area contributed by atoms with Crippen LogP contribution in [0.4, 0.5) is 0 Å². The van der Waals surface area contributed by atoms with Gasteiger partial charge in [0.15, 0.2) is 0 Å². The summed E-state index contributed by atoms with van der Waals surface area (Å²) in [6.07, 6.45) is 3.48. The zero-order chi connectivity index (χ0) is 23.0. The second kappa shape index (κ2) is 11.5. The Balaban J connectivity index is 1.55. The van der Waals surface area contributed by atoms with E-state index in [-0.39, 0.29) is 30.2 Å². The molecule has 0 radical (unpaired) electrons. The first-order valence-corrected chi connectivity index (χ1v) is 13.0. The van der Waals surface area contributed by atoms with Gasteiger partial charge in [0.1, 0.15) is 5.75 Å². The molecule has 174 valence electrons. The maximum atomic E-state index is 13.0. The summed E-state index contributed by atoms with van der Waals surface area (Å²) in [7, 11) is -1.75. The van der Waals surface area contributed by atoms with Gasteiger partial charge in [0.2, 0.25) is 15.9 Å². The van der Waals surface area contributed by atoms with Crippen LogP contribution in [0.5, 0.6) is 5.75 Å². The number of amides is 1. The number of benzene rings is 2. The summed E-state index contributed by atoms with van der Waals surface area (Å²) in [4.78, 5) is 13.0. The van der Waals surface area contributed by atoms with Gasteiger partial charge in [-0.1, -0.05) is 49.4 Å². The summed E-state index contributed by atoms with van der Waals surface area (Å²) in [6.45, 7) is 2.78.